The Morgan fingerprint density at radius 1 is 1.29 bits per heavy atom. The van der Waals surface area contributed by atoms with Crippen molar-refractivity contribution in [3.05, 3.63) is 56.2 Å². The fourth-order valence-electron chi connectivity index (χ4n) is 1.54. The molecule has 0 saturated carbocycles. The van der Waals surface area contributed by atoms with Crippen molar-refractivity contribution in [3.63, 3.8) is 0 Å². The summed E-state index contributed by atoms with van der Waals surface area (Å²) in [5.41, 5.74) is 1.33. The van der Waals surface area contributed by atoms with Gasteiger partial charge in [0.1, 0.15) is 0 Å². The van der Waals surface area contributed by atoms with Crippen LogP contribution in [0.15, 0.2) is 33.4 Å². The van der Waals surface area contributed by atoms with Crippen LogP contribution < -0.4 is 0 Å². The lowest BCUT2D eigenvalue weighted by Crippen LogP contribution is -2.04. The summed E-state index contributed by atoms with van der Waals surface area (Å²) in [6.45, 7) is 0. The Morgan fingerprint density at radius 3 is 2.71 bits per heavy atom. The second kappa shape index (κ2) is 5.25. The monoisotopic (exact) mass is 318 g/mol. The largest absolute Gasteiger partial charge is 0.388 e. The summed E-state index contributed by atoms with van der Waals surface area (Å²) < 4.78 is 26.2. The van der Waals surface area contributed by atoms with E-state index >= 15 is 0 Å². The van der Waals surface area contributed by atoms with E-state index in [1.54, 1.807) is 0 Å². The van der Waals surface area contributed by atoms with E-state index < -0.39 is 17.7 Å². The van der Waals surface area contributed by atoms with Gasteiger partial charge in [0.25, 0.3) is 0 Å². The first kappa shape index (κ1) is 12.7. The Kier molecular flexibility index (Phi) is 3.91. The lowest BCUT2D eigenvalue weighted by atomic mass is 10.0. The van der Waals surface area contributed by atoms with E-state index in [9.17, 15) is 13.9 Å². The third kappa shape index (κ3) is 2.73. The van der Waals surface area contributed by atoms with Crippen LogP contribution >= 0.6 is 27.3 Å². The van der Waals surface area contributed by atoms with E-state index in [4.69, 9.17) is 0 Å². The van der Waals surface area contributed by atoms with Crippen molar-refractivity contribution >= 4 is 27.3 Å². The van der Waals surface area contributed by atoms with Gasteiger partial charge in [-0.2, -0.15) is 11.3 Å². The maximum atomic E-state index is 13.3. The van der Waals surface area contributed by atoms with E-state index in [0.29, 0.717) is 12.0 Å². The van der Waals surface area contributed by atoms with E-state index in [0.717, 1.165) is 11.6 Å². The molecule has 1 aromatic carbocycles. The van der Waals surface area contributed by atoms with Crippen molar-refractivity contribution in [2.24, 2.45) is 0 Å². The average molecular weight is 319 g/mol. The van der Waals surface area contributed by atoms with Crippen LogP contribution in [0, 0.1) is 11.6 Å². The van der Waals surface area contributed by atoms with Crippen LogP contribution in [-0.4, -0.2) is 5.11 Å². The molecule has 1 unspecified atom stereocenters. The summed E-state index contributed by atoms with van der Waals surface area (Å²) in [4.78, 5) is 0. The van der Waals surface area contributed by atoms with Gasteiger partial charge in [-0.05, 0) is 49.9 Å². The van der Waals surface area contributed by atoms with Gasteiger partial charge in [-0.25, -0.2) is 8.78 Å². The molecule has 0 amide bonds. The topological polar surface area (TPSA) is 20.2 Å². The third-order valence-electron chi connectivity index (χ3n) is 2.43. The van der Waals surface area contributed by atoms with Crippen LogP contribution in [0.4, 0.5) is 8.78 Å². The van der Waals surface area contributed by atoms with Gasteiger partial charge in [0, 0.05) is 6.42 Å². The molecule has 5 heteroatoms. The number of halogens is 3. The molecule has 0 saturated heterocycles. The molecule has 0 aliphatic carbocycles. The van der Waals surface area contributed by atoms with E-state index in [2.05, 4.69) is 15.9 Å². The van der Waals surface area contributed by atoms with Crippen molar-refractivity contribution in [3.8, 4) is 0 Å². The fourth-order valence-corrected chi connectivity index (χ4v) is 2.81. The molecular formula is C12H9BrF2OS. The number of hydrogen-bond donors (Lipinski definition) is 1. The maximum absolute atomic E-state index is 13.3. The Bertz CT molecular complexity index is 513. The minimum Gasteiger partial charge on any atom is -0.388 e. The van der Waals surface area contributed by atoms with Crippen LogP contribution in [0.3, 0.4) is 0 Å². The molecule has 90 valence electrons. The van der Waals surface area contributed by atoms with Crippen molar-refractivity contribution in [2.45, 2.75) is 12.5 Å². The number of aliphatic hydroxyl groups is 1. The number of hydrogen-bond acceptors (Lipinski definition) is 2. The summed E-state index contributed by atoms with van der Waals surface area (Å²) in [7, 11) is 0. The Hall–Kier alpha value is -0.780. The van der Waals surface area contributed by atoms with Gasteiger partial charge in [0.15, 0.2) is 11.6 Å². The van der Waals surface area contributed by atoms with Crippen molar-refractivity contribution < 1.29 is 13.9 Å². The molecule has 1 heterocycles. The summed E-state index contributed by atoms with van der Waals surface area (Å²) in [5, 5.41) is 13.8. The number of thiophene rings is 1. The molecule has 0 aliphatic heterocycles. The van der Waals surface area contributed by atoms with Crippen molar-refractivity contribution in [1.82, 2.24) is 0 Å². The predicted octanol–water partition coefficient (Wildman–Crippen LogP) is 4.06. The highest BCUT2D eigenvalue weighted by Gasteiger charge is 2.17. The van der Waals surface area contributed by atoms with Crippen molar-refractivity contribution in [1.29, 1.82) is 0 Å². The molecule has 0 spiro atoms. The molecule has 2 rings (SSSR count). The molecule has 2 aromatic rings. The van der Waals surface area contributed by atoms with Crippen LogP contribution in [0.25, 0.3) is 0 Å². The lowest BCUT2D eigenvalue weighted by Gasteiger charge is -2.12. The van der Waals surface area contributed by atoms with Crippen LogP contribution in [0.5, 0.6) is 0 Å². The molecule has 0 radical (unpaired) electrons. The quantitative estimate of drug-likeness (QED) is 0.846. The van der Waals surface area contributed by atoms with Gasteiger partial charge >= 0.3 is 0 Å². The van der Waals surface area contributed by atoms with E-state index in [1.807, 2.05) is 16.8 Å². The first-order chi connectivity index (χ1) is 8.09. The summed E-state index contributed by atoms with van der Waals surface area (Å²) in [5.74, 6) is -1.89. The average Bonchev–Trinajstić information content (AvgIpc) is 2.78. The number of rotatable bonds is 3. The highest BCUT2D eigenvalue weighted by molar-refractivity contribution is 9.10. The molecule has 0 aliphatic rings. The third-order valence-corrected chi connectivity index (χ3v) is 3.97. The second-order valence-electron chi connectivity index (χ2n) is 3.62. The number of benzene rings is 1. The Balaban J connectivity index is 2.25. The first-order valence-corrected chi connectivity index (χ1v) is 6.65. The minimum atomic E-state index is -0.966. The molecule has 1 atom stereocenters. The second-order valence-corrected chi connectivity index (χ2v) is 5.19. The van der Waals surface area contributed by atoms with E-state index in [-0.39, 0.29) is 4.47 Å². The van der Waals surface area contributed by atoms with Crippen LogP contribution in [0.2, 0.25) is 0 Å². The highest BCUT2D eigenvalue weighted by atomic mass is 79.9. The predicted molar refractivity (Wildman–Crippen MR) is 67.0 cm³/mol. The van der Waals surface area contributed by atoms with E-state index in [1.165, 1.54) is 17.4 Å². The minimum absolute atomic E-state index is 0.0137. The number of aliphatic hydroxyl groups excluding tert-OH is 1. The molecule has 0 bridgehead atoms. The molecular weight excluding hydrogens is 310 g/mol. The van der Waals surface area contributed by atoms with Gasteiger partial charge in [0.2, 0.25) is 0 Å². The molecule has 1 aromatic heterocycles. The highest BCUT2D eigenvalue weighted by Crippen LogP contribution is 2.30. The van der Waals surface area contributed by atoms with Crippen LogP contribution in [0.1, 0.15) is 17.2 Å². The maximum Gasteiger partial charge on any atom is 0.173 e. The van der Waals surface area contributed by atoms with Crippen LogP contribution in [-0.2, 0) is 6.42 Å². The smallest absolute Gasteiger partial charge is 0.173 e. The molecule has 1 nitrogen and oxygen atoms in total. The van der Waals surface area contributed by atoms with Gasteiger partial charge in [-0.15, -0.1) is 0 Å². The molecule has 1 N–H and O–H groups in total. The van der Waals surface area contributed by atoms with Gasteiger partial charge in [-0.3, -0.25) is 0 Å². The SMILES string of the molecule is OC(Cc1ccsc1)c1ccc(F)c(F)c1Br. The molecule has 0 fully saturated rings. The summed E-state index contributed by atoms with van der Waals surface area (Å²) in [6, 6.07) is 4.30. The normalized spacial score (nSPS) is 12.7. The first-order valence-electron chi connectivity index (χ1n) is 4.92. The summed E-state index contributed by atoms with van der Waals surface area (Å²) in [6.07, 6.45) is -0.471. The lowest BCUT2D eigenvalue weighted by molar-refractivity contribution is 0.177. The standard InChI is InChI=1S/C12H9BrF2OS/c13-11-8(1-2-9(14)12(11)15)10(16)5-7-3-4-17-6-7/h1-4,6,10,16H,5H2. The Labute approximate surface area is 110 Å². The van der Waals surface area contributed by atoms with Gasteiger partial charge in [-0.1, -0.05) is 6.07 Å². The van der Waals surface area contributed by atoms with Gasteiger partial charge < -0.3 is 5.11 Å². The zero-order valence-corrected chi connectivity index (χ0v) is 11.1. The van der Waals surface area contributed by atoms with Gasteiger partial charge in [0.05, 0.1) is 10.6 Å². The fraction of sp³-hybridized carbons (Fsp3) is 0.167. The summed E-state index contributed by atoms with van der Waals surface area (Å²) >= 11 is 4.49. The Morgan fingerprint density at radius 2 is 2.06 bits per heavy atom. The zero-order valence-electron chi connectivity index (χ0n) is 8.66. The zero-order chi connectivity index (χ0) is 12.4. The van der Waals surface area contributed by atoms with Crippen molar-refractivity contribution in [2.75, 3.05) is 0 Å². The molecule has 17 heavy (non-hydrogen) atoms.